The highest BCUT2D eigenvalue weighted by molar-refractivity contribution is 7.92. The van der Waals surface area contributed by atoms with E-state index >= 15 is 0 Å². The summed E-state index contributed by atoms with van der Waals surface area (Å²) in [4.78, 5) is 12.7. The minimum atomic E-state index is -3.64. The number of anilines is 1. The Morgan fingerprint density at radius 2 is 2.00 bits per heavy atom. The minimum Gasteiger partial charge on any atom is -0.455 e. The maximum absolute atomic E-state index is 13.2. The van der Waals surface area contributed by atoms with Crippen LogP contribution in [0.15, 0.2) is 34.5 Å². The molecule has 31 heavy (non-hydrogen) atoms. The monoisotopic (exact) mass is 450 g/mol. The highest BCUT2D eigenvalue weighted by Gasteiger charge is 2.32. The van der Waals surface area contributed by atoms with Crippen molar-refractivity contribution >= 4 is 38.2 Å². The molecule has 168 valence electrons. The van der Waals surface area contributed by atoms with Gasteiger partial charge in [-0.25, -0.2) is 12.8 Å². The first-order chi connectivity index (χ1) is 14.6. The van der Waals surface area contributed by atoms with E-state index in [0.29, 0.717) is 33.6 Å². The minimum absolute atomic E-state index is 0.0839. The zero-order chi connectivity index (χ0) is 22.9. The average Bonchev–Trinajstić information content (AvgIpc) is 3.48. The van der Waals surface area contributed by atoms with E-state index in [-0.39, 0.29) is 30.8 Å². The van der Waals surface area contributed by atoms with Gasteiger partial charge in [-0.2, -0.15) is 0 Å². The van der Waals surface area contributed by atoms with Crippen molar-refractivity contribution < 1.29 is 27.1 Å². The molecule has 1 saturated carbocycles. The number of hydrogen-bond donors (Lipinski definition) is 2. The van der Waals surface area contributed by atoms with E-state index in [0.717, 1.165) is 24.7 Å². The molecule has 1 aromatic carbocycles. The Bertz CT molecular complexity index is 1170. The molecule has 0 aliphatic heterocycles. The molecule has 7 nitrogen and oxygen atoms in total. The van der Waals surface area contributed by atoms with Crippen LogP contribution < -0.4 is 9.62 Å². The van der Waals surface area contributed by atoms with Crippen LogP contribution >= 0.6 is 0 Å². The molecular weight excluding hydrogens is 423 g/mol. The Morgan fingerprint density at radius 3 is 2.52 bits per heavy atom. The van der Waals surface area contributed by atoms with Crippen molar-refractivity contribution in [1.29, 1.82) is 0 Å². The number of fused-ring (bicyclic) bond motifs is 1. The second-order valence-corrected chi connectivity index (χ2v) is 9.64. The van der Waals surface area contributed by atoms with Gasteiger partial charge in [0.25, 0.3) is 5.91 Å². The van der Waals surface area contributed by atoms with E-state index in [1.807, 2.05) is 0 Å². The SMILES string of the molecule is CNC(=O)c1c(C(C)=CC=C(C)F)oc2cc(N(CCO)S(C)(=O)=O)c(C3CC3)cc12. The molecule has 1 amide bonds. The molecule has 3 rings (SSSR count). The number of aliphatic hydroxyl groups is 1. The lowest BCUT2D eigenvalue weighted by atomic mass is 10.0. The fourth-order valence-electron chi connectivity index (χ4n) is 3.59. The number of hydrogen-bond acceptors (Lipinski definition) is 5. The molecule has 2 aromatic rings. The van der Waals surface area contributed by atoms with Crippen LogP contribution in [0.2, 0.25) is 0 Å². The fraction of sp³-hybridized carbons (Fsp3) is 0.409. The number of halogens is 1. The first kappa shape index (κ1) is 23.0. The molecular formula is C22H27FN2O5S. The van der Waals surface area contributed by atoms with E-state index in [1.54, 1.807) is 19.1 Å². The van der Waals surface area contributed by atoms with Gasteiger partial charge in [0, 0.05) is 18.5 Å². The number of aliphatic hydroxyl groups excluding tert-OH is 1. The standard InChI is InChI=1S/C22H27FN2O5S/c1-13(5-6-14(2)23)21-20(22(27)24-3)17-11-16(15-7-8-15)18(12-19(17)30-21)25(9-10-26)31(4,28)29/h5-6,11-12,15,26H,7-10H2,1-4H3,(H,24,27). The number of furan rings is 1. The predicted octanol–water partition coefficient (Wildman–Crippen LogP) is 3.70. The van der Waals surface area contributed by atoms with Crippen LogP contribution in [-0.4, -0.2) is 45.9 Å². The Balaban J connectivity index is 2.31. The molecule has 2 N–H and O–H groups in total. The van der Waals surface area contributed by atoms with Crippen molar-refractivity contribution in [2.45, 2.75) is 32.6 Å². The molecule has 1 fully saturated rings. The van der Waals surface area contributed by atoms with Crippen molar-refractivity contribution in [3.63, 3.8) is 0 Å². The smallest absolute Gasteiger partial charge is 0.255 e. The highest BCUT2D eigenvalue weighted by Crippen LogP contribution is 2.47. The number of nitrogens with one attached hydrogen (secondary N) is 1. The van der Waals surface area contributed by atoms with Crippen molar-refractivity contribution in [2.24, 2.45) is 0 Å². The highest BCUT2D eigenvalue weighted by atomic mass is 32.2. The number of nitrogens with zero attached hydrogens (tertiary/aromatic N) is 1. The summed E-state index contributed by atoms with van der Waals surface area (Å²) in [5.41, 5.74) is 2.45. The normalized spacial score (nSPS) is 15.4. The lowest BCUT2D eigenvalue weighted by Crippen LogP contribution is -2.33. The van der Waals surface area contributed by atoms with Crippen LogP contribution in [0.25, 0.3) is 16.5 Å². The van der Waals surface area contributed by atoms with Crippen molar-refractivity contribution in [3.8, 4) is 0 Å². The third-order valence-electron chi connectivity index (χ3n) is 5.20. The lowest BCUT2D eigenvalue weighted by Gasteiger charge is -2.24. The summed E-state index contributed by atoms with van der Waals surface area (Å²) in [5, 5.41) is 12.6. The van der Waals surface area contributed by atoms with Crippen molar-refractivity contribution in [3.05, 3.63) is 47.0 Å². The number of allylic oxidation sites excluding steroid dienone is 4. The Labute approximate surface area is 181 Å². The second-order valence-electron chi connectivity index (χ2n) is 7.73. The van der Waals surface area contributed by atoms with Gasteiger partial charge in [0.2, 0.25) is 10.0 Å². The van der Waals surface area contributed by atoms with Gasteiger partial charge in [-0.3, -0.25) is 9.10 Å². The number of benzene rings is 1. The fourth-order valence-corrected chi connectivity index (χ4v) is 4.51. The van der Waals surface area contributed by atoms with Gasteiger partial charge in [0.05, 0.1) is 36.5 Å². The van der Waals surface area contributed by atoms with Crippen LogP contribution in [0.5, 0.6) is 0 Å². The summed E-state index contributed by atoms with van der Waals surface area (Å²) in [6.45, 7) is 2.61. The van der Waals surface area contributed by atoms with Gasteiger partial charge in [0.15, 0.2) is 0 Å². The quantitative estimate of drug-likeness (QED) is 0.598. The van der Waals surface area contributed by atoms with E-state index in [2.05, 4.69) is 5.32 Å². The molecule has 0 bridgehead atoms. The van der Waals surface area contributed by atoms with Crippen molar-refractivity contribution in [2.75, 3.05) is 30.8 Å². The van der Waals surface area contributed by atoms with Crippen LogP contribution in [0.1, 0.15) is 54.3 Å². The zero-order valence-electron chi connectivity index (χ0n) is 18.0. The molecule has 0 atom stereocenters. The maximum atomic E-state index is 13.2. The van der Waals surface area contributed by atoms with Gasteiger partial charge in [0.1, 0.15) is 11.3 Å². The summed E-state index contributed by atoms with van der Waals surface area (Å²) in [7, 11) is -2.13. The predicted molar refractivity (Wildman–Crippen MR) is 119 cm³/mol. The van der Waals surface area contributed by atoms with E-state index in [1.165, 1.54) is 30.4 Å². The van der Waals surface area contributed by atoms with Gasteiger partial charge >= 0.3 is 0 Å². The molecule has 1 aliphatic carbocycles. The largest absolute Gasteiger partial charge is 0.455 e. The van der Waals surface area contributed by atoms with Crippen LogP contribution in [0.3, 0.4) is 0 Å². The topological polar surface area (TPSA) is 99.8 Å². The van der Waals surface area contributed by atoms with E-state index in [4.69, 9.17) is 4.42 Å². The third-order valence-corrected chi connectivity index (χ3v) is 6.38. The Kier molecular flexibility index (Phi) is 6.56. The molecule has 0 spiro atoms. The molecule has 0 saturated heterocycles. The van der Waals surface area contributed by atoms with Crippen LogP contribution in [-0.2, 0) is 10.0 Å². The molecule has 1 aliphatic rings. The Morgan fingerprint density at radius 1 is 1.32 bits per heavy atom. The first-order valence-corrected chi connectivity index (χ1v) is 11.9. The number of carbonyl (C=O) groups excluding carboxylic acids is 1. The third kappa shape index (κ3) is 4.83. The summed E-state index contributed by atoms with van der Waals surface area (Å²) < 4.78 is 45.2. The maximum Gasteiger partial charge on any atom is 0.255 e. The lowest BCUT2D eigenvalue weighted by molar-refractivity contribution is 0.0963. The summed E-state index contributed by atoms with van der Waals surface area (Å²) in [6, 6.07) is 3.41. The zero-order valence-corrected chi connectivity index (χ0v) is 18.8. The van der Waals surface area contributed by atoms with E-state index in [9.17, 15) is 22.7 Å². The second kappa shape index (κ2) is 8.84. The first-order valence-electron chi connectivity index (χ1n) is 10.0. The number of rotatable bonds is 8. The number of amides is 1. The van der Waals surface area contributed by atoms with Gasteiger partial charge in [-0.15, -0.1) is 0 Å². The molecule has 9 heteroatoms. The Hall–Kier alpha value is -2.65. The molecule has 1 aromatic heterocycles. The van der Waals surface area contributed by atoms with Crippen LogP contribution in [0, 0.1) is 0 Å². The van der Waals surface area contributed by atoms with Gasteiger partial charge < -0.3 is 14.8 Å². The average molecular weight is 451 g/mol. The summed E-state index contributed by atoms with van der Waals surface area (Å²) in [5.74, 6) is -0.277. The molecule has 0 unspecified atom stereocenters. The van der Waals surface area contributed by atoms with Crippen molar-refractivity contribution in [1.82, 2.24) is 5.32 Å². The van der Waals surface area contributed by atoms with Gasteiger partial charge in [-0.1, -0.05) is 6.08 Å². The number of carbonyl (C=O) groups is 1. The van der Waals surface area contributed by atoms with Crippen LogP contribution in [0.4, 0.5) is 10.1 Å². The summed E-state index contributed by atoms with van der Waals surface area (Å²) in [6.07, 6.45) is 5.72. The summed E-state index contributed by atoms with van der Waals surface area (Å²) >= 11 is 0. The van der Waals surface area contributed by atoms with E-state index < -0.39 is 10.0 Å². The van der Waals surface area contributed by atoms with Gasteiger partial charge in [-0.05, 0) is 55.9 Å². The molecule has 0 radical (unpaired) electrons. The molecule has 1 heterocycles. The number of sulfonamides is 1.